The molecular formula is C10H6N4O2. The fourth-order valence-corrected chi connectivity index (χ4v) is 1.04. The zero-order valence-electron chi connectivity index (χ0n) is 8.07. The van der Waals surface area contributed by atoms with Gasteiger partial charge in [0.1, 0.15) is 0 Å². The maximum Gasteiger partial charge on any atom is 0.274 e. The van der Waals surface area contributed by atoms with Crippen LogP contribution < -0.4 is 0 Å². The highest BCUT2D eigenvalue weighted by Gasteiger charge is 2.22. The van der Waals surface area contributed by atoms with Crippen LogP contribution in [0.25, 0.3) is 0 Å². The highest BCUT2D eigenvalue weighted by Crippen LogP contribution is 1.97. The van der Waals surface area contributed by atoms with E-state index in [2.05, 4.69) is 19.9 Å². The van der Waals surface area contributed by atoms with Gasteiger partial charge in [-0.3, -0.25) is 9.59 Å². The Labute approximate surface area is 90.4 Å². The van der Waals surface area contributed by atoms with Gasteiger partial charge in [0.05, 0.1) is 0 Å². The second-order valence-corrected chi connectivity index (χ2v) is 2.80. The molecule has 78 valence electrons. The zero-order valence-corrected chi connectivity index (χ0v) is 8.07. The van der Waals surface area contributed by atoms with Crippen LogP contribution in [0.1, 0.15) is 21.2 Å². The number of carbonyl (C=O) groups is 2. The van der Waals surface area contributed by atoms with Gasteiger partial charge in [-0.25, -0.2) is 19.9 Å². The second-order valence-electron chi connectivity index (χ2n) is 2.80. The van der Waals surface area contributed by atoms with Crippen molar-refractivity contribution in [2.75, 3.05) is 0 Å². The molecule has 6 heteroatoms. The fraction of sp³-hybridized carbons (Fsp3) is 0. The van der Waals surface area contributed by atoms with Crippen molar-refractivity contribution in [1.82, 2.24) is 19.9 Å². The maximum absolute atomic E-state index is 11.6. The van der Waals surface area contributed by atoms with E-state index in [-0.39, 0.29) is 11.6 Å². The average molecular weight is 214 g/mol. The third kappa shape index (κ3) is 1.95. The first-order chi connectivity index (χ1) is 7.79. The van der Waals surface area contributed by atoms with Crippen molar-refractivity contribution in [3.05, 3.63) is 48.6 Å². The summed E-state index contributed by atoms with van der Waals surface area (Å²) in [4.78, 5) is 37.9. The van der Waals surface area contributed by atoms with E-state index in [1.807, 2.05) is 0 Å². The summed E-state index contributed by atoms with van der Waals surface area (Å²) in [7, 11) is 0. The summed E-state index contributed by atoms with van der Waals surface area (Å²) < 4.78 is 0. The SMILES string of the molecule is O=C(C(=O)c1ncccn1)c1ncccn1. The summed E-state index contributed by atoms with van der Waals surface area (Å²) in [6, 6.07) is 3.11. The summed E-state index contributed by atoms with van der Waals surface area (Å²) in [6.07, 6.45) is 5.55. The Morgan fingerprint density at radius 1 is 0.688 bits per heavy atom. The minimum Gasteiger partial charge on any atom is -0.281 e. The Morgan fingerprint density at radius 3 is 1.31 bits per heavy atom. The normalized spacial score (nSPS) is 9.75. The molecule has 0 bridgehead atoms. The van der Waals surface area contributed by atoms with Crippen LogP contribution in [0, 0.1) is 0 Å². The van der Waals surface area contributed by atoms with Crippen LogP contribution in [0.2, 0.25) is 0 Å². The molecule has 0 unspecified atom stereocenters. The number of carbonyl (C=O) groups excluding carboxylic acids is 2. The van der Waals surface area contributed by atoms with E-state index < -0.39 is 11.6 Å². The van der Waals surface area contributed by atoms with Gasteiger partial charge in [0.2, 0.25) is 11.6 Å². The third-order valence-electron chi connectivity index (χ3n) is 1.74. The van der Waals surface area contributed by atoms with E-state index in [1.165, 1.54) is 24.8 Å². The highest BCUT2D eigenvalue weighted by molar-refractivity contribution is 6.47. The third-order valence-corrected chi connectivity index (χ3v) is 1.74. The first-order valence-electron chi connectivity index (χ1n) is 4.42. The van der Waals surface area contributed by atoms with Crippen molar-refractivity contribution < 1.29 is 9.59 Å². The molecular weight excluding hydrogens is 208 g/mol. The molecule has 0 aliphatic carbocycles. The van der Waals surface area contributed by atoms with Gasteiger partial charge < -0.3 is 0 Å². The van der Waals surface area contributed by atoms with Crippen molar-refractivity contribution >= 4 is 11.6 Å². The lowest BCUT2D eigenvalue weighted by Crippen LogP contribution is -2.19. The number of Topliss-reactive ketones (excluding diaryl/α,β-unsaturated/α-hetero) is 2. The zero-order chi connectivity index (χ0) is 11.4. The molecule has 0 radical (unpaired) electrons. The Bertz CT molecular complexity index is 463. The van der Waals surface area contributed by atoms with Crippen LogP contribution in [0.15, 0.2) is 36.9 Å². The van der Waals surface area contributed by atoms with Crippen LogP contribution in [-0.4, -0.2) is 31.5 Å². The molecule has 0 aliphatic heterocycles. The summed E-state index contributed by atoms with van der Waals surface area (Å²) in [6.45, 7) is 0. The van der Waals surface area contributed by atoms with Gasteiger partial charge in [0.25, 0.3) is 11.6 Å². The number of hydrogen-bond acceptors (Lipinski definition) is 6. The van der Waals surface area contributed by atoms with Crippen molar-refractivity contribution in [3.63, 3.8) is 0 Å². The Hall–Kier alpha value is -2.50. The van der Waals surface area contributed by atoms with Crippen LogP contribution in [0.5, 0.6) is 0 Å². The quantitative estimate of drug-likeness (QED) is 0.540. The first kappa shape index (κ1) is 10.0. The molecule has 0 fully saturated rings. The molecule has 0 saturated carbocycles. The average Bonchev–Trinajstić information content (AvgIpc) is 2.39. The highest BCUT2D eigenvalue weighted by atomic mass is 16.2. The predicted molar refractivity (Wildman–Crippen MR) is 52.7 cm³/mol. The monoisotopic (exact) mass is 214 g/mol. The van der Waals surface area contributed by atoms with Crippen LogP contribution >= 0.6 is 0 Å². The van der Waals surface area contributed by atoms with E-state index in [4.69, 9.17) is 0 Å². The van der Waals surface area contributed by atoms with Gasteiger partial charge in [-0.05, 0) is 12.1 Å². The van der Waals surface area contributed by atoms with Gasteiger partial charge in [-0.2, -0.15) is 0 Å². The largest absolute Gasteiger partial charge is 0.281 e. The van der Waals surface area contributed by atoms with Gasteiger partial charge in [-0.15, -0.1) is 0 Å². The summed E-state index contributed by atoms with van der Waals surface area (Å²) >= 11 is 0. The topological polar surface area (TPSA) is 85.7 Å². The minimum atomic E-state index is -0.813. The van der Waals surface area contributed by atoms with Crippen molar-refractivity contribution in [1.29, 1.82) is 0 Å². The predicted octanol–water partition coefficient (Wildman–Crippen LogP) is 0.332. The van der Waals surface area contributed by atoms with Gasteiger partial charge in [0, 0.05) is 24.8 Å². The molecule has 0 aromatic carbocycles. The van der Waals surface area contributed by atoms with Gasteiger partial charge in [0.15, 0.2) is 0 Å². The smallest absolute Gasteiger partial charge is 0.274 e. The van der Waals surface area contributed by atoms with Crippen LogP contribution in [0.3, 0.4) is 0 Å². The summed E-state index contributed by atoms with van der Waals surface area (Å²) in [5.41, 5.74) is 0. The lowest BCUT2D eigenvalue weighted by Gasteiger charge is -1.96. The van der Waals surface area contributed by atoms with Gasteiger partial charge in [-0.1, -0.05) is 0 Å². The van der Waals surface area contributed by atoms with E-state index in [9.17, 15) is 9.59 Å². The maximum atomic E-state index is 11.6. The Morgan fingerprint density at radius 2 is 1.00 bits per heavy atom. The molecule has 16 heavy (non-hydrogen) atoms. The molecule has 2 heterocycles. The Balaban J connectivity index is 2.28. The molecule has 0 spiro atoms. The molecule has 6 nitrogen and oxygen atoms in total. The minimum absolute atomic E-state index is 0.153. The van der Waals surface area contributed by atoms with E-state index in [0.717, 1.165) is 0 Å². The van der Waals surface area contributed by atoms with E-state index in [1.54, 1.807) is 12.1 Å². The first-order valence-corrected chi connectivity index (χ1v) is 4.42. The van der Waals surface area contributed by atoms with Crippen LogP contribution in [-0.2, 0) is 0 Å². The molecule has 0 amide bonds. The molecule has 0 N–H and O–H groups in total. The fourth-order valence-electron chi connectivity index (χ4n) is 1.04. The van der Waals surface area contributed by atoms with E-state index in [0.29, 0.717) is 0 Å². The van der Waals surface area contributed by atoms with Crippen molar-refractivity contribution in [2.24, 2.45) is 0 Å². The molecule has 0 saturated heterocycles. The van der Waals surface area contributed by atoms with Crippen molar-refractivity contribution in [3.8, 4) is 0 Å². The van der Waals surface area contributed by atoms with E-state index >= 15 is 0 Å². The number of rotatable bonds is 3. The number of ketones is 2. The lowest BCUT2D eigenvalue weighted by atomic mass is 10.2. The number of nitrogens with zero attached hydrogens (tertiary/aromatic N) is 4. The lowest BCUT2D eigenvalue weighted by molar-refractivity contribution is 0.0804. The molecule has 0 aliphatic rings. The number of hydrogen-bond donors (Lipinski definition) is 0. The molecule has 2 aromatic rings. The Kier molecular flexibility index (Phi) is 2.73. The van der Waals surface area contributed by atoms with Crippen LogP contribution in [0.4, 0.5) is 0 Å². The second kappa shape index (κ2) is 4.35. The number of aromatic nitrogens is 4. The summed E-state index contributed by atoms with van der Waals surface area (Å²) in [5.74, 6) is -1.93. The molecule has 0 atom stereocenters. The van der Waals surface area contributed by atoms with Crippen molar-refractivity contribution in [2.45, 2.75) is 0 Å². The molecule has 2 aromatic heterocycles. The standard InChI is InChI=1S/C10H6N4O2/c15-7(9-11-3-1-4-12-9)8(16)10-13-5-2-6-14-10/h1-6H. The molecule has 2 rings (SSSR count). The summed E-state index contributed by atoms with van der Waals surface area (Å²) in [5, 5.41) is 0. The van der Waals surface area contributed by atoms with Gasteiger partial charge >= 0.3 is 0 Å².